The predicted molar refractivity (Wildman–Crippen MR) is 110 cm³/mol. The van der Waals surface area contributed by atoms with Crippen molar-refractivity contribution in [2.75, 3.05) is 6.79 Å². The molecule has 4 heteroatoms. The van der Waals surface area contributed by atoms with Gasteiger partial charge in [0.15, 0.2) is 11.5 Å². The molecule has 0 saturated carbocycles. The van der Waals surface area contributed by atoms with Crippen LogP contribution in [-0.4, -0.2) is 12.5 Å². The van der Waals surface area contributed by atoms with Crippen molar-refractivity contribution in [1.82, 2.24) is 0 Å². The number of aryl methyl sites for hydroxylation is 1. The smallest absolute Gasteiger partial charge is 0.231 e. The van der Waals surface area contributed by atoms with Crippen molar-refractivity contribution >= 4 is 23.2 Å². The van der Waals surface area contributed by atoms with Crippen LogP contribution >= 0.6 is 11.8 Å². The Morgan fingerprint density at radius 3 is 2.67 bits per heavy atom. The highest BCUT2D eigenvalue weighted by Gasteiger charge is 2.28. The summed E-state index contributed by atoms with van der Waals surface area (Å²) in [6.07, 6.45) is 0.836. The van der Waals surface area contributed by atoms with Crippen molar-refractivity contribution in [2.45, 2.75) is 23.5 Å². The zero-order valence-corrected chi connectivity index (χ0v) is 15.8. The van der Waals surface area contributed by atoms with E-state index in [1.165, 1.54) is 21.6 Å². The number of aliphatic imine (C=N–C) groups is 1. The minimum atomic E-state index is 0.213. The number of benzene rings is 3. The Hall–Kier alpha value is -2.72. The van der Waals surface area contributed by atoms with E-state index < -0.39 is 0 Å². The highest BCUT2D eigenvalue weighted by atomic mass is 32.2. The van der Waals surface area contributed by atoms with Gasteiger partial charge in [0, 0.05) is 27.8 Å². The first kappa shape index (κ1) is 16.5. The third kappa shape index (κ3) is 3.10. The molecule has 0 bridgehead atoms. The molecule has 3 aromatic carbocycles. The third-order valence-electron chi connectivity index (χ3n) is 4.93. The van der Waals surface area contributed by atoms with Crippen LogP contribution in [0.1, 0.15) is 28.4 Å². The normalized spacial score (nSPS) is 17.8. The van der Waals surface area contributed by atoms with Gasteiger partial charge in [-0.1, -0.05) is 54.1 Å². The van der Waals surface area contributed by atoms with Crippen LogP contribution in [0.3, 0.4) is 0 Å². The molecule has 2 aliphatic heterocycles. The minimum Gasteiger partial charge on any atom is -0.454 e. The zero-order chi connectivity index (χ0) is 18.2. The maximum absolute atomic E-state index is 5.79. The van der Waals surface area contributed by atoms with Gasteiger partial charge in [0.1, 0.15) is 0 Å². The Morgan fingerprint density at radius 2 is 1.78 bits per heavy atom. The zero-order valence-electron chi connectivity index (χ0n) is 15.0. The number of hydrogen-bond acceptors (Lipinski definition) is 4. The van der Waals surface area contributed by atoms with E-state index in [0.717, 1.165) is 29.3 Å². The average Bonchev–Trinajstić information content (AvgIpc) is 3.09. The Balaban J connectivity index is 1.62. The molecular formula is C23H19NO2S. The standard InChI is InChI=1S/C23H19NO2S/c1-15-9-11-16(12-10-15)19-13-22(27-21-8-3-2-6-18(21)24-19)17-5-4-7-20-23(17)26-14-25-20/h2-12,22H,13-14H2,1H3. The van der Waals surface area contributed by atoms with Crippen LogP contribution in [0.25, 0.3) is 0 Å². The second kappa shape index (κ2) is 6.78. The van der Waals surface area contributed by atoms with Crippen LogP contribution in [0.5, 0.6) is 11.5 Å². The van der Waals surface area contributed by atoms with Crippen molar-refractivity contribution in [3.8, 4) is 11.5 Å². The fraction of sp³-hybridized carbons (Fsp3) is 0.174. The topological polar surface area (TPSA) is 30.8 Å². The lowest BCUT2D eigenvalue weighted by Gasteiger charge is -2.18. The number of fused-ring (bicyclic) bond motifs is 2. The largest absolute Gasteiger partial charge is 0.454 e. The molecule has 0 spiro atoms. The SMILES string of the molecule is Cc1ccc(C2=Nc3ccccc3SC(c3cccc4c3OCO4)C2)cc1. The quantitative estimate of drug-likeness (QED) is 0.545. The molecule has 134 valence electrons. The molecule has 0 radical (unpaired) electrons. The molecule has 1 unspecified atom stereocenters. The molecule has 0 saturated heterocycles. The lowest BCUT2D eigenvalue weighted by molar-refractivity contribution is 0.173. The van der Waals surface area contributed by atoms with E-state index in [2.05, 4.69) is 55.5 Å². The first-order valence-electron chi connectivity index (χ1n) is 9.07. The highest BCUT2D eigenvalue weighted by Crippen LogP contribution is 2.50. The number of rotatable bonds is 2. The van der Waals surface area contributed by atoms with Crippen molar-refractivity contribution in [1.29, 1.82) is 0 Å². The van der Waals surface area contributed by atoms with Crippen LogP contribution in [-0.2, 0) is 0 Å². The van der Waals surface area contributed by atoms with Gasteiger partial charge in [-0.05, 0) is 30.7 Å². The number of thioether (sulfide) groups is 1. The molecule has 2 aliphatic rings. The van der Waals surface area contributed by atoms with Crippen LogP contribution in [0.4, 0.5) is 5.69 Å². The molecule has 0 fully saturated rings. The summed E-state index contributed by atoms with van der Waals surface area (Å²) in [5.74, 6) is 1.71. The molecule has 5 rings (SSSR count). The number of hydrogen-bond donors (Lipinski definition) is 0. The summed E-state index contributed by atoms with van der Waals surface area (Å²) in [5.41, 5.74) is 5.74. The summed E-state index contributed by atoms with van der Waals surface area (Å²) in [7, 11) is 0. The maximum atomic E-state index is 5.79. The monoisotopic (exact) mass is 373 g/mol. The molecule has 0 amide bonds. The first-order chi connectivity index (χ1) is 13.3. The second-order valence-corrected chi connectivity index (χ2v) is 8.03. The molecule has 0 aromatic heterocycles. The number of ether oxygens (including phenoxy) is 2. The van der Waals surface area contributed by atoms with Gasteiger partial charge in [-0.15, -0.1) is 11.8 Å². The van der Waals surface area contributed by atoms with E-state index >= 15 is 0 Å². The lowest BCUT2D eigenvalue weighted by atomic mass is 9.99. The van der Waals surface area contributed by atoms with Crippen molar-refractivity contribution in [3.05, 3.63) is 83.4 Å². The molecule has 0 aliphatic carbocycles. The maximum Gasteiger partial charge on any atom is 0.231 e. The fourth-order valence-corrected chi connectivity index (χ4v) is 4.77. The van der Waals surface area contributed by atoms with Gasteiger partial charge in [-0.25, -0.2) is 0 Å². The van der Waals surface area contributed by atoms with E-state index in [0.29, 0.717) is 6.79 Å². The molecule has 1 atom stereocenters. The van der Waals surface area contributed by atoms with Gasteiger partial charge in [0.25, 0.3) is 0 Å². The van der Waals surface area contributed by atoms with Crippen LogP contribution in [0, 0.1) is 6.92 Å². The molecule has 27 heavy (non-hydrogen) atoms. The van der Waals surface area contributed by atoms with Crippen LogP contribution in [0.2, 0.25) is 0 Å². The van der Waals surface area contributed by atoms with E-state index in [9.17, 15) is 0 Å². The van der Waals surface area contributed by atoms with Gasteiger partial charge in [-0.2, -0.15) is 0 Å². The summed E-state index contributed by atoms with van der Waals surface area (Å²) in [4.78, 5) is 6.23. The Labute approximate surface area is 163 Å². The van der Waals surface area contributed by atoms with Gasteiger partial charge in [-0.3, -0.25) is 4.99 Å². The Bertz CT molecular complexity index is 1030. The van der Waals surface area contributed by atoms with Gasteiger partial charge < -0.3 is 9.47 Å². The first-order valence-corrected chi connectivity index (χ1v) is 9.95. The summed E-state index contributed by atoms with van der Waals surface area (Å²) in [6.45, 7) is 2.40. The molecular weight excluding hydrogens is 354 g/mol. The molecule has 3 nitrogen and oxygen atoms in total. The summed E-state index contributed by atoms with van der Waals surface area (Å²) in [5, 5.41) is 0.213. The highest BCUT2D eigenvalue weighted by molar-refractivity contribution is 7.99. The van der Waals surface area contributed by atoms with E-state index in [1.807, 2.05) is 30.0 Å². The van der Waals surface area contributed by atoms with E-state index in [4.69, 9.17) is 14.5 Å². The summed E-state index contributed by atoms with van der Waals surface area (Å²) in [6, 6.07) is 23.1. The average molecular weight is 373 g/mol. The number of nitrogens with zero attached hydrogens (tertiary/aromatic N) is 1. The van der Waals surface area contributed by atoms with Crippen LogP contribution in [0.15, 0.2) is 76.6 Å². The molecule has 2 heterocycles. The molecule has 3 aromatic rings. The van der Waals surface area contributed by atoms with Crippen molar-refractivity contribution in [2.24, 2.45) is 4.99 Å². The van der Waals surface area contributed by atoms with Gasteiger partial charge >= 0.3 is 0 Å². The van der Waals surface area contributed by atoms with E-state index in [1.54, 1.807) is 0 Å². The fourth-order valence-electron chi connectivity index (χ4n) is 3.52. The lowest BCUT2D eigenvalue weighted by Crippen LogP contribution is -2.06. The summed E-state index contributed by atoms with van der Waals surface area (Å²) >= 11 is 1.85. The Morgan fingerprint density at radius 1 is 0.926 bits per heavy atom. The van der Waals surface area contributed by atoms with Gasteiger partial charge in [0.05, 0.1) is 5.69 Å². The van der Waals surface area contributed by atoms with Gasteiger partial charge in [0.2, 0.25) is 6.79 Å². The summed E-state index contributed by atoms with van der Waals surface area (Å²) < 4.78 is 11.4. The van der Waals surface area contributed by atoms with Crippen molar-refractivity contribution in [3.63, 3.8) is 0 Å². The molecule has 0 N–H and O–H groups in total. The predicted octanol–water partition coefficient (Wildman–Crippen LogP) is 6.08. The third-order valence-corrected chi connectivity index (χ3v) is 6.23. The van der Waals surface area contributed by atoms with E-state index in [-0.39, 0.29) is 5.25 Å². The second-order valence-electron chi connectivity index (χ2n) is 6.78. The van der Waals surface area contributed by atoms with Crippen LogP contribution < -0.4 is 9.47 Å². The minimum absolute atomic E-state index is 0.213. The Kier molecular flexibility index (Phi) is 4.13. The number of para-hydroxylation sites is 2. The van der Waals surface area contributed by atoms with Crippen molar-refractivity contribution < 1.29 is 9.47 Å².